The van der Waals surface area contributed by atoms with Gasteiger partial charge in [0.1, 0.15) is 11.1 Å². The number of hydrogen-bond donors (Lipinski definition) is 2. The monoisotopic (exact) mass is 438 g/mol. The van der Waals surface area contributed by atoms with Crippen LogP contribution in [0.4, 0.5) is 23.7 Å². The SMILES string of the molecule is CC(C)(C)OC(=O)Nc1ccc(Oc2ccnc3[nH]c(=O)cnc23)c(OC(F)(F)F)c1. The largest absolute Gasteiger partial charge is 0.573 e. The van der Waals surface area contributed by atoms with Gasteiger partial charge in [0, 0.05) is 24.0 Å². The van der Waals surface area contributed by atoms with Gasteiger partial charge in [-0.25, -0.2) is 14.8 Å². The van der Waals surface area contributed by atoms with E-state index in [1.807, 2.05) is 0 Å². The Balaban J connectivity index is 1.94. The quantitative estimate of drug-likeness (QED) is 0.622. The van der Waals surface area contributed by atoms with E-state index in [1.54, 1.807) is 20.8 Å². The van der Waals surface area contributed by atoms with Crippen molar-refractivity contribution in [2.75, 3.05) is 5.32 Å². The molecule has 164 valence electrons. The lowest BCUT2D eigenvalue weighted by molar-refractivity contribution is -0.275. The molecule has 0 aliphatic rings. The van der Waals surface area contributed by atoms with Crippen LogP contribution in [0.1, 0.15) is 20.8 Å². The van der Waals surface area contributed by atoms with E-state index < -0.39 is 29.4 Å². The number of hydrogen-bond acceptors (Lipinski definition) is 7. The summed E-state index contributed by atoms with van der Waals surface area (Å²) in [5.41, 5.74) is -1.10. The number of benzene rings is 1. The Bertz CT molecular complexity index is 1170. The second kappa shape index (κ2) is 8.13. The fourth-order valence-corrected chi connectivity index (χ4v) is 2.42. The summed E-state index contributed by atoms with van der Waals surface area (Å²) in [7, 11) is 0. The van der Waals surface area contributed by atoms with Crippen molar-refractivity contribution in [1.29, 1.82) is 0 Å². The molecule has 1 amide bonds. The van der Waals surface area contributed by atoms with Crippen molar-refractivity contribution in [2.24, 2.45) is 0 Å². The number of nitrogens with zero attached hydrogens (tertiary/aromatic N) is 2. The van der Waals surface area contributed by atoms with Gasteiger partial charge in [0.2, 0.25) is 0 Å². The van der Waals surface area contributed by atoms with E-state index in [4.69, 9.17) is 9.47 Å². The minimum absolute atomic E-state index is 0.0112. The van der Waals surface area contributed by atoms with E-state index in [2.05, 4.69) is 25.0 Å². The highest BCUT2D eigenvalue weighted by molar-refractivity contribution is 5.85. The molecular weight excluding hydrogens is 421 g/mol. The van der Waals surface area contributed by atoms with Crippen molar-refractivity contribution in [3.8, 4) is 17.2 Å². The van der Waals surface area contributed by atoms with Gasteiger partial charge in [-0.2, -0.15) is 0 Å². The third-order valence-electron chi connectivity index (χ3n) is 3.47. The number of aromatic amines is 1. The van der Waals surface area contributed by atoms with Crippen LogP contribution in [0.2, 0.25) is 0 Å². The number of nitrogens with one attached hydrogen (secondary N) is 2. The first-order valence-corrected chi connectivity index (χ1v) is 8.81. The van der Waals surface area contributed by atoms with E-state index in [-0.39, 0.29) is 28.4 Å². The van der Waals surface area contributed by atoms with Crippen LogP contribution in [0.15, 0.2) is 41.5 Å². The maximum absolute atomic E-state index is 12.9. The molecule has 0 unspecified atom stereocenters. The zero-order valence-corrected chi connectivity index (χ0v) is 16.5. The van der Waals surface area contributed by atoms with Gasteiger partial charge in [-0.15, -0.1) is 13.2 Å². The highest BCUT2D eigenvalue weighted by Crippen LogP contribution is 2.38. The highest BCUT2D eigenvalue weighted by atomic mass is 19.4. The van der Waals surface area contributed by atoms with Crippen LogP contribution in [-0.2, 0) is 4.74 Å². The lowest BCUT2D eigenvalue weighted by atomic mass is 10.2. The molecule has 0 aliphatic heterocycles. The van der Waals surface area contributed by atoms with Crippen molar-refractivity contribution in [3.05, 3.63) is 47.0 Å². The lowest BCUT2D eigenvalue weighted by Gasteiger charge is -2.20. The molecule has 0 spiro atoms. The van der Waals surface area contributed by atoms with Crippen molar-refractivity contribution < 1.29 is 32.2 Å². The van der Waals surface area contributed by atoms with Crippen LogP contribution in [-0.4, -0.2) is 33.0 Å². The zero-order valence-electron chi connectivity index (χ0n) is 16.5. The number of carbonyl (C=O) groups is 1. The summed E-state index contributed by atoms with van der Waals surface area (Å²) in [6.07, 6.45) is -3.60. The molecule has 0 bridgehead atoms. The van der Waals surface area contributed by atoms with Gasteiger partial charge in [0.15, 0.2) is 22.9 Å². The lowest BCUT2D eigenvalue weighted by Crippen LogP contribution is -2.27. The highest BCUT2D eigenvalue weighted by Gasteiger charge is 2.33. The number of H-pyrrole nitrogens is 1. The van der Waals surface area contributed by atoms with Crippen LogP contribution in [0.5, 0.6) is 17.2 Å². The van der Waals surface area contributed by atoms with Crippen molar-refractivity contribution in [1.82, 2.24) is 15.0 Å². The first-order chi connectivity index (χ1) is 14.4. The molecule has 3 rings (SSSR count). The van der Waals surface area contributed by atoms with Crippen molar-refractivity contribution in [3.63, 3.8) is 0 Å². The molecule has 0 atom stereocenters. The second-order valence-electron chi connectivity index (χ2n) is 7.19. The van der Waals surface area contributed by atoms with Gasteiger partial charge in [-0.1, -0.05) is 0 Å². The Hall–Kier alpha value is -3.83. The number of ether oxygens (including phenoxy) is 3. The summed E-state index contributed by atoms with van der Waals surface area (Å²) in [4.78, 5) is 33.6. The van der Waals surface area contributed by atoms with Gasteiger partial charge in [0.05, 0.1) is 6.20 Å². The molecule has 0 aliphatic carbocycles. The van der Waals surface area contributed by atoms with Crippen LogP contribution in [0.3, 0.4) is 0 Å². The Kier molecular flexibility index (Phi) is 5.73. The van der Waals surface area contributed by atoms with Crippen LogP contribution < -0.4 is 20.3 Å². The minimum atomic E-state index is -5.02. The Morgan fingerprint density at radius 3 is 2.48 bits per heavy atom. The first kappa shape index (κ1) is 21.9. The molecule has 2 N–H and O–H groups in total. The van der Waals surface area contributed by atoms with Crippen LogP contribution >= 0.6 is 0 Å². The molecule has 0 fully saturated rings. The number of anilines is 1. The predicted molar refractivity (Wildman–Crippen MR) is 103 cm³/mol. The number of pyridine rings is 1. The van der Waals surface area contributed by atoms with Crippen molar-refractivity contribution >= 4 is 22.9 Å². The van der Waals surface area contributed by atoms with E-state index in [9.17, 15) is 22.8 Å². The fourth-order valence-electron chi connectivity index (χ4n) is 2.42. The number of amides is 1. The predicted octanol–water partition coefficient (Wildman–Crippen LogP) is 4.36. The molecule has 9 nitrogen and oxygen atoms in total. The molecule has 2 heterocycles. The van der Waals surface area contributed by atoms with Gasteiger partial charge in [-0.05, 0) is 32.9 Å². The summed E-state index contributed by atoms with van der Waals surface area (Å²) in [5.74, 6) is -0.996. The minimum Gasteiger partial charge on any atom is -0.451 e. The van der Waals surface area contributed by atoms with Gasteiger partial charge in [0.25, 0.3) is 5.56 Å². The fraction of sp³-hybridized carbons (Fsp3) is 0.263. The number of fused-ring (bicyclic) bond motifs is 1. The summed E-state index contributed by atoms with van der Waals surface area (Å²) < 4.78 is 53.4. The third kappa shape index (κ3) is 6.07. The number of rotatable bonds is 4. The Morgan fingerprint density at radius 1 is 1.06 bits per heavy atom. The normalized spacial score (nSPS) is 11.8. The molecule has 1 aromatic carbocycles. The summed E-state index contributed by atoms with van der Waals surface area (Å²) in [5, 5.41) is 2.33. The van der Waals surface area contributed by atoms with E-state index in [1.165, 1.54) is 24.4 Å². The summed E-state index contributed by atoms with van der Waals surface area (Å²) in [6.45, 7) is 4.92. The number of aromatic nitrogens is 3. The molecule has 12 heteroatoms. The van der Waals surface area contributed by atoms with Gasteiger partial charge >= 0.3 is 12.5 Å². The molecule has 0 radical (unpaired) electrons. The molecule has 3 aromatic rings. The molecule has 2 aromatic heterocycles. The molecule has 0 saturated heterocycles. The Labute approximate surface area is 173 Å². The number of halogens is 3. The second-order valence-corrected chi connectivity index (χ2v) is 7.19. The zero-order chi connectivity index (χ0) is 22.8. The van der Waals surface area contributed by atoms with E-state index in [0.717, 1.165) is 12.3 Å². The third-order valence-corrected chi connectivity index (χ3v) is 3.47. The molecule has 0 saturated carbocycles. The van der Waals surface area contributed by atoms with Crippen LogP contribution in [0.25, 0.3) is 11.2 Å². The van der Waals surface area contributed by atoms with Crippen LogP contribution in [0, 0.1) is 0 Å². The number of carbonyl (C=O) groups excluding carboxylic acids is 1. The molecular formula is C19H17F3N4O5. The summed E-state index contributed by atoms with van der Waals surface area (Å²) in [6, 6.07) is 4.77. The Morgan fingerprint density at radius 2 is 1.81 bits per heavy atom. The maximum atomic E-state index is 12.9. The van der Waals surface area contributed by atoms with Gasteiger partial charge < -0.3 is 19.2 Å². The standard InChI is InChI=1S/C19H17F3N4O5/c1-18(2,3)31-17(28)25-10-4-5-11(13(8-10)30-19(20,21)22)29-12-6-7-23-16-15(12)24-9-14(27)26-16/h4-9H,1-3H3,(H,25,28)(H,23,26,27). The van der Waals surface area contributed by atoms with E-state index in [0.29, 0.717) is 0 Å². The summed E-state index contributed by atoms with van der Waals surface area (Å²) >= 11 is 0. The van der Waals surface area contributed by atoms with Gasteiger partial charge in [-0.3, -0.25) is 10.1 Å². The smallest absolute Gasteiger partial charge is 0.451 e. The average Bonchev–Trinajstić information content (AvgIpc) is 2.60. The average molecular weight is 438 g/mol. The first-order valence-electron chi connectivity index (χ1n) is 8.81. The van der Waals surface area contributed by atoms with Crippen molar-refractivity contribution in [2.45, 2.75) is 32.7 Å². The number of alkyl halides is 3. The van der Waals surface area contributed by atoms with E-state index >= 15 is 0 Å². The maximum Gasteiger partial charge on any atom is 0.573 e. The molecule has 31 heavy (non-hydrogen) atoms. The topological polar surface area (TPSA) is 115 Å².